The first-order valence-corrected chi connectivity index (χ1v) is 13.7. The average molecular weight is 552 g/mol. The van der Waals surface area contributed by atoms with Crippen LogP contribution in [0.3, 0.4) is 0 Å². The Kier molecular flexibility index (Phi) is 7.70. The Bertz CT molecular complexity index is 1530. The van der Waals surface area contributed by atoms with Crippen molar-refractivity contribution in [1.82, 2.24) is 34.7 Å². The van der Waals surface area contributed by atoms with Gasteiger partial charge in [-0.3, -0.25) is 14.7 Å². The van der Waals surface area contributed by atoms with Crippen molar-refractivity contribution >= 4 is 23.1 Å². The number of aromatic amines is 1. The van der Waals surface area contributed by atoms with E-state index in [0.717, 1.165) is 16.6 Å². The fourth-order valence-electron chi connectivity index (χ4n) is 5.19. The lowest BCUT2D eigenvalue weighted by Crippen LogP contribution is -2.42. The monoisotopic (exact) mass is 551 g/mol. The lowest BCUT2D eigenvalue weighted by Gasteiger charge is -2.33. The highest BCUT2D eigenvalue weighted by Gasteiger charge is 2.28. The second-order valence-electron chi connectivity index (χ2n) is 11.0. The molecule has 2 N–H and O–H groups in total. The fraction of sp³-hybridized carbons (Fsp3) is 0.483. The van der Waals surface area contributed by atoms with Crippen molar-refractivity contribution in [3.63, 3.8) is 0 Å². The van der Waals surface area contributed by atoms with Gasteiger partial charge in [-0.15, -0.1) is 5.10 Å². The number of hydrogen-bond donors (Lipinski definition) is 2. The van der Waals surface area contributed by atoms with Crippen molar-refractivity contribution in [3.05, 3.63) is 41.1 Å². The minimum atomic E-state index is -0.389. The number of ether oxygens (including phenoxy) is 2. The Morgan fingerprint density at radius 2 is 1.95 bits per heavy atom. The SMILES string of the molecule is CC(C)Oc1nn([C@@H](C)CO)c2c1/C=C/c1n[nH]c3cc(F)c(cc13)-c1cnn(C)c1OC[C@H](C)N(C(C)C)C2. The molecule has 0 unspecified atom stereocenters. The fourth-order valence-corrected chi connectivity index (χ4v) is 5.19. The van der Waals surface area contributed by atoms with Gasteiger partial charge in [0.2, 0.25) is 11.8 Å². The van der Waals surface area contributed by atoms with Crippen LogP contribution in [-0.2, 0) is 13.6 Å². The number of aromatic nitrogens is 6. The van der Waals surface area contributed by atoms with E-state index in [2.05, 4.69) is 41.0 Å². The summed E-state index contributed by atoms with van der Waals surface area (Å²) in [5, 5.41) is 27.5. The molecule has 4 aromatic rings. The first-order chi connectivity index (χ1) is 19.1. The zero-order valence-corrected chi connectivity index (χ0v) is 24.1. The molecule has 214 valence electrons. The van der Waals surface area contributed by atoms with Gasteiger partial charge in [0.15, 0.2) is 0 Å². The highest BCUT2D eigenvalue weighted by atomic mass is 19.1. The topological polar surface area (TPSA) is 106 Å². The molecule has 0 saturated heterocycles. The van der Waals surface area contributed by atoms with E-state index >= 15 is 4.39 Å². The number of aliphatic hydroxyl groups is 1. The molecule has 1 aromatic carbocycles. The summed E-state index contributed by atoms with van der Waals surface area (Å²) in [6.07, 6.45) is 5.38. The van der Waals surface area contributed by atoms with E-state index < -0.39 is 0 Å². The van der Waals surface area contributed by atoms with Gasteiger partial charge in [0.05, 0.1) is 53.0 Å². The number of benzene rings is 1. The number of nitrogens with one attached hydrogen (secondary N) is 1. The summed E-state index contributed by atoms with van der Waals surface area (Å²) in [7, 11) is 1.79. The predicted octanol–water partition coefficient (Wildman–Crippen LogP) is 4.80. The lowest BCUT2D eigenvalue weighted by atomic mass is 10.0. The second-order valence-corrected chi connectivity index (χ2v) is 11.0. The number of nitrogens with zero attached hydrogens (tertiary/aromatic N) is 6. The van der Waals surface area contributed by atoms with Crippen LogP contribution >= 0.6 is 0 Å². The van der Waals surface area contributed by atoms with Crippen molar-refractivity contribution in [2.45, 2.75) is 72.3 Å². The Morgan fingerprint density at radius 3 is 2.65 bits per heavy atom. The number of halogens is 1. The summed E-state index contributed by atoms with van der Waals surface area (Å²) in [4.78, 5) is 2.32. The van der Waals surface area contributed by atoms with E-state index in [1.54, 1.807) is 24.0 Å². The van der Waals surface area contributed by atoms with Crippen LogP contribution in [0.1, 0.15) is 64.5 Å². The Balaban J connectivity index is 1.75. The van der Waals surface area contributed by atoms with E-state index in [1.165, 1.54) is 6.07 Å². The van der Waals surface area contributed by atoms with Crippen LogP contribution in [0.25, 0.3) is 34.2 Å². The summed E-state index contributed by atoms with van der Waals surface area (Å²) >= 11 is 0. The van der Waals surface area contributed by atoms with Crippen molar-refractivity contribution in [3.8, 4) is 22.9 Å². The standard InChI is InChI=1S/C29H38FN7O3/c1-16(2)36-13-27-20(28(40-17(3)4)34-37(27)18(5)14-38)8-9-25-22-10-21(24(30)11-26(22)33-32-25)23-12-31-35(7)29(23)39-15-19(36)6/h8-12,16-19,38H,13-15H2,1-7H3,(H,32,33)/b9-8+/t18-,19-/m0/s1. The van der Waals surface area contributed by atoms with Gasteiger partial charge in [0, 0.05) is 42.7 Å². The van der Waals surface area contributed by atoms with E-state index in [4.69, 9.17) is 14.6 Å². The zero-order valence-electron chi connectivity index (χ0n) is 24.1. The number of aliphatic hydroxyl groups excluding tert-OH is 1. The molecule has 10 nitrogen and oxygen atoms in total. The third kappa shape index (κ3) is 5.11. The molecule has 0 amide bonds. The van der Waals surface area contributed by atoms with Crippen LogP contribution in [0.15, 0.2) is 18.3 Å². The average Bonchev–Trinajstić information content (AvgIpc) is 3.57. The van der Waals surface area contributed by atoms with Gasteiger partial charge in [-0.25, -0.2) is 9.07 Å². The largest absolute Gasteiger partial charge is 0.476 e. The Morgan fingerprint density at radius 1 is 1.18 bits per heavy atom. The Hall–Kier alpha value is -3.70. The Labute approximate surface area is 233 Å². The van der Waals surface area contributed by atoms with Crippen LogP contribution in [0.5, 0.6) is 11.8 Å². The van der Waals surface area contributed by atoms with Gasteiger partial charge in [-0.05, 0) is 59.8 Å². The molecule has 4 heterocycles. The van der Waals surface area contributed by atoms with E-state index in [-0.39, 0.29) is 36.7 Å². The van der Waals surface area contributed by atoms with Crippen LogP contribution in [-0.4, -0.2) is 71.2 Å². The van der Waals surface area contributed by atoms with Gasteiger partial charge in [0.1, 0.15) is 12.4 Å². The minimum Gasteiger partial charge on any atom is -0.476 e. The molecular weight excluding hydrogens is 513 g/mol. The third-order valence-corrected chi connectivity index (χ3v) is 7.33. The summed E-state index contributed by atoms with van der Waals surface area (Å²) in [6.45, 7) is 13.1. The lowest BCUT2D eigenvalue weighted by molar-refractivity contribution is 0.100. The van der Waals surface area contributed by atoms with Crippen molar-refractivity contribution in [2.24, 2.45) is 7.05 Å². The normalized spacial score (nSPS) is 17.9. The van der Waals surface area contributed by atoms with Crippen molar-refractivity contribution in [2.75, 3.05) is 13.2 Å². The maximum Gasteiger partial charge on any atom is 0.240 e. The van der Waals surface area contributed by atoms with Crippen LogP contribution in [0.4, 0.5) is 4.39 Å². The van der Waals surface area contributed by atoms with Crippen LogP contribution in [0, 0.1) is 5.82 Å². The van der Waals surface area contributed by atoms with Gasteiger partial charge >= 0.3 is 0 Å². The molecule has 3 aromatic heterocycles. The molecule has 0 fully saturated rings. The van der Waals surface area contributed by atoms with Crippen LogP contribution in [0.2, 0.25) is 0 Å². The van der Waals surface area contributed by atoms with Gasteiger partial charge in [-0.1, -0.05) is 0 Å². The number of aryl methyl sites for hydroxylation is 1. The summed E-state index contributed by atoms with van der Waals surface area (Å²) in [5.74, 6) is 0.597. The highest BCUT2D eigenvalue weighted by Crippen LogP contribution is 2.36. The van der Waals surface area contributed by atoms with Gasteiger partial charge < -0.3 is 14.6 Å². The van der Waals surface area contributed by atoms with E-state index in [9.17, 15) is 5.11 Å². The van der Waals surface area contributed by atoms with E-state index in [0.29, 0.717) is 47.2 Å². The number of rotatable bonds is 5. The molecule has 2 bridgehead atoms. The quantitative estimate of drug-likeness (QED) is 0.367. The number of H-pyrrole nitrogens is 1. The highest BCUT2D eigenvalue weighted by molar-refractivity contribution is 5.93. The third-order valence-electron chi connectivity index (χ3n) is 7.33. The molecular formula is C29H38FN7O3. The van der Waals surface area contributed by atoms with Gasteiger partial charge in [-0.2, -0.15) is 10.2 Å². The molecule has 2 atom stereocenters. The molecule has 40 heavy (non-hydrogen) atoms. The molecule has 0 saturated carbocycles. The predicted molar refractivity (Wildman–Crippen MR) is 153 cm³/mol. The molecule has 0 aliphatic carbocycles. The summed E-state index contributed by atoms with van der Waals surface area (Å²) in [6, 6.07) is 3.12. The van der Waals surface area contributed by atoms with E-state index in [1.807, 2.05) is 37.6 Å². The first kappa shape index (κ1) is 27.9. The van der Waals surface area contributed by atoms with Crippen molar-refractivity contribution < 1.29 is 19.0 Å². The zero-order chi connectivity index (χ0) is 28.7. The summed E-state index contributed by atoms with van der Waals surface area (Å²) in [5.41, 5.74) is 3.93. The summed E-state index contributed by atoms with van der Waals surface area (Å²) < 4.78 is 31.4. The maximum absolute atomic E-state index is 15.4. The molecule has 1 aliphatic rings. The number of fused-ring (bicyclic) bond motifs is 4. The van der Waals surface area contributed by atoms with Crippen LogP contribution < -0.4 is 9.47 Å². The molecule has 0 radical (unpaired) electrons. The molecule has 1 aliphatic heterocycles. The second kappa shape index (κ2) is 11.1. The number of hydrogen-bond acceptors (Lipinski definition) is 7. The molecule has 0 spiro atoms. The smallest absolute Gasteiger partial charge is 0.240 e. The first-order valence-electron chi connectivity index (χ1n) is 13.7. The van der Waals surface area contributed by atoms with Crippen molar-refractivity contribution in [1.29, 1.82) is 0 Å². The molecule has 11 heteroatoms. The molecule has 5 rings (SSSR count). The van der Waals surface area contributed by atoms with Gasteiger partial charge in [0.25, 0.3) is 0 Å². The minimum absolute atomic E-state index is 0.0186. The maximum atomic E-state index is 15.4.